The van der Waals surface area contributed by atoms with Gasteiger partial charge in [0.15, 0.2) is 5.84 Å². The van der Waals surface area contributed by atoms with Gasteiger partial charge in [-0.25, -0.2) is 4.99 Å². The summed E-state index contributed by atoms with van der Waals surface area (Å²) in [5.41, 5.74) is 2.91. The highest BCUT2D eigenvalue weighted by Gasteiger charge is 2.39. The number of hydrogen-bond acceptors (Lipinski definition) is 4. The summed E-state index contributed by atoms with van der Waals surface area (Å²) in [6, 6.07) is 16.0. The maximum Gasteiger partial charge on any atom is 0.176 e. The van der Waals surface area contributed by atoms with E-state index in [2.05, 4.69) is 27.7 Å². The molecule has 2 aromatic rings. The Morgan fingerprint density at radius 2 is 1.74 bits per heavy atom. The van der Waals surface area contributed by atoms with Gasteiger partial charge in [-0.15, -0.1) is 5.11 Å². The first-order chi connectivity index (χ1) is 13.3. The standard InChI is InChI=1S/C22H25ClN4/c23-18-10-8-9-17(15-18)16-24-27-21-22(13-6-2-1-3-7-14-22)26-20-12-5-4-11-19(20)25-21/h4-5,8-12,15,26H,1-3,6-7,13-14,16H2. The van der Waals surface area contributed by atoms with Gasteiger partial charge < -0.3 is 5.32 Å². The molecule has 0 bridgehead atoms. The van der Waals surface area contributed by atoms with Crippen molar-refractivity contribution in [3.63, 3.8) is 0 Å². The zero-order valence-corrected chi connectivity index (χ0v) is 16.3. The molecule has 5 heteroatoms. The number of fused-ring (bicyclic) bond motifs is 1. The number of halogens is 1. The third-order valence-corrected chi connectivity index (χ3v) is 5.68. The Hall–Kier alpha value is -2.20. The lowest BCUT2D eigenvalue weighted by Gasteiger charge is -2.39. The highest BCUT2D eigenvalue weighted by Crippen LogP contribution is 2.40. The average molecular weight is 381 g/mol. The third-order valence-electron chi connectivity index (χ3n) is 5.45. The van der Waals surface area contributed by atoms with Crippen molar-refractivity contribution in [1.82, 2.24) is 0 Å². The van der Waals surface area contributed by atoms with Gasteiger partial charge in [0.25, 0.3) is 0 Å². The third kappa shape index (κ3) is 4.22. The highest BCUT2D eigenvalue weighted by molar-refractivity contribution is 6.30. The molecule has 2 aromatic carbocycles. The minimum absolute atomic E-state index is 0.202. The average Bonchev–Trinajstić information content (AvgIpc) is 2.65. The number of anilines is 1. The van der Waals surface area contributed by atoms with Crippen molar-refractivity contribution in [3.05, 3.63) is 59.1 Å². The molecule has 0 radical (unpaired) electrons. The SMILES string of the molecule is Clc1cccc(CN=NC2=Nc3ccccc3NC23CCCCCCC3)c1. The van der Waals surface area contributed by atoms with E-state index in [1.807, 2.05) is 36.4 Å². The van der Waals surface area contributed by atoms with Crippen LogP contribution in [0.2, 0.25) is 5.02 Å². The van der Waals surface area contributed by atoms with E-state index in [-0.39, 0.29) is 5.54 Å². The molecule has 0 aromatic heterocycles. The maximum absolute atomic E-state index is 6.07. The van der Waals surface area contributed by atoms with Gasteiger partial charge in [0.2, 0.25) is 0 Å². The maximum atomic E-state index is 6.07. The number of para-hydroxylation sites is 2. The van der Waals surface area contributed by atoms with Gasteiger partial charge in [-0.1, -0.05) is 68.0 Å². The fraction of sp³-hybridized carbons (Fsp3) is 0.409. The molecule has 27 heavy (non-hydrogen) atoms. The predicted molar refractivity (Wildman–Crippen MR) is 112 cm³/mol. The molecule has 0 unspecified atom stereocenters. The molecule has 1 spiro atoms. The van der Waals surface area contributed by atoms with Crippen LogP contribution in [0.3, 0.4) is 0 Å². The summed E-state index contributed by atoms with van der Waals surface area (Å²) in [4.78, 5) is 4.91. The lowest BCUT2D eigenvalue weighted by molar-refractivity contribution is 0.418. The van der Waals surface area contributed by atoms with Gasteiger partial charge in [0.1, 0.15) is 0 Å². The predicted octanol–water partition coefficient (Wildman–Crippen LogP) is 6.93. The zero-order valence-electron chi connectivity index (χ0n) is 15.5. The summed E-state index contributed by atoms with van der Waals surface area (Å²) >= 11 is 6.07. The van der Waals surface area contributed by atoms with Gasteiger partial charge in [0, 0.05) is 5.02 Å². The number of aliphatic imine (C=N–C) groups is 1. The summed E-state index contributed by atoms with van der Waals surface area (Å²) in [5.74, 6) is 0.824. The number of nitrogens with one attached hydrogen (secondary N) is 1. The van der Waals surface area contributed by atoms with Crippen LogP contribution in [0.1, 0.15) is 50.5 Å². The molecule has 140 valence electrons. The first-order valence-electron chi connectivity index (χ1n) is 9.84. The van der Waals surface area contributed by atoms with Crippen molar-refractivity contribution in [2.45, 2.75) is 57.0 Å². The first kappa shape index (κ1) is 18.2. The Morgan fingerprint density at radius 3 is 2.56 bits per heavy atom. The van der Waals surface area contributed by atoms with E-state index < -0.39 is 0 Å². The van der Waals surface area contributed by atoms with Crippen molar-refractivity contribution in [2.24, 2.45) is 15.2 Å². The molecule has 1 N–H and O–H groups in total. The minimum atomic E-state index is -0.202. The Morgan fingerprint density at radius 1 is 0.963 bits per heavy atom. The Bertz CT molecular complexity index is 851. The van der Waals surface area contributed by atoms with Crippen LogP contribution >= 0.6 is 11.6 Å². The van der Waals surface area contributed by atoms with Crippen molar-refractivity contribution in [3.8, 4) is 0 Å². The second-order valence-electron chi connectivity index (χ2n) is 7.46. The molecule has 0 saturated heterocycles. The van der Waals surface area contributed by atoms with Crippen LogP contribution in [-0.4, -0.2) is 11.4 Å². The summed E-state index contributed by atoms with van der Waals surface area (Å²) < 4.78 is 0. The molecule has 1 aliphatic heterocycles. The molecular weight excluding hydrogens is 356 g/mol. The number of azo groups is 1. The molecule has 4 nitrogen and oxygen atoms in total. The van der Waals surface area contributed by atoms with E-state index in [4.69, 9.17) is 16.6 Å². The minimum Gasteiger partial charge on any atom is -0.371 e. The summed E-state index contributed by atoms with van der Waals surface area (Å²) in [5, 5.41) is 13.6. The zero-order chi connectivity index (χ0) is 18.5. The molecular formula is C22H25ClN4. The number of hydrogen-bond donors (Lipinski definition) is 1. The molecule has 1 saturated carbocycles. The van der Waals surface area contributed by atoms with Gasteiger partial charge in [-0.05, 0) is 42.7 Å². The fourth-order valence-corrected chi connectivity index (χ4v) is 4.22. The van der Waals surface area contributed by atoms with Gasteiger partial charge in [-0.3, -0.25) is 0 Å². The topological polar surface area (TPSA) is 49.1 Å². The van der Waals surface area contributed by atoms with E-state index in [9.17, 15) is 0 Å². The number of benzene rings is 2. The second kappa shape index (κ2) is 8.22. The molecule has 1 aliphatic carbocycles. The number of rotatable bonds is 2. The van der Waals surface area contributed by atoms with Crippen LogP contribution < -0.4 is 5.32 Å². The van der Waals surface area contributed by atoms with E-state index in [1.165, 1.54) is 32.1 Å². The quantitative estimate of drug-likeness (QED) is 0.564. The number of nitrogens with zero attached hydrogens (tertiary/aromatic N) is 3. The Balaban J connectivity index is 1.62. The second-order valence-corrected chi connectivity index (χ2v) is 7.89. The number of amidine groups is 1. The molecule has 2 aliphatic rings. The monoisotopic (exact) mass is 380 g/mol. The highest BCUT2D eigenvalue weighted by atomic mass is 35.5. The van der Waals surface area contributed by atoms with Crippen molar-refractivity contribution >= 4 is 28.8 Å². The summed E-state index contributed by atoms with van der Waals surface area (Å²) in [6.45, 7) is 0.511. The van der Waals surface area contributed by atoms with Crippen LogP contribution in [0.15, 0.2) is 63.8 Å². The van der Waals surface area contributed by atoms with Crippen molar-refractivity contribution < 1.29 is 0 Å². The Kier molecular flexibility index (Phi) is 5.53. The van der Waals surface area contributed by atoms with E-state index in [1.54, 1.807) is 0 Å². The van der Waals surface area contributed by atoms with Crippen molar-refractivity contribution in [2.75, 3.05) is 5.32 Å². The summed E-state index contributed by atoms with van der Waals surface area (Å²) in [7, 11) is 0. The Labute approximate surface area is 165 Å². The van der Waals surface area contributed by atoms with Gasteiger partial charge in [-0.2, -0.15) is 5.11 Å². The summed E-state index contributed by atoms with van der Waals surface area (Å²) in [6.07, 6.45) is 8.37. The molecule has 0 atom stereocenters. The van der Waals surface area contributed by atoms with Gasteiger partial charge in [0.05, 0.1) is 23.5 Å². The largest absolute Gasteiger partial charge is 0.371 e. The van der Waals surface area contributed by atoms with E-state index >= 15 is 0 Å². The van der Waals surface area contributed by atoms with E-state index in [0.717, 1.165) is 40.6 Å². The molecule has 1 fully saturated rings. The normalized spacial score (nSPS) is 19.1. The van der Waals surface area contributed by atoms with Gasteiger partial charge >= 0.3 is 0 Å². The van der Waals surface area contributed by atoms with Crippen molar-refractivity contribution in [1.29, 1.82) is 0 Å². The molecule has 0 amide bonds. The van der Waals surface area contributed by atoms with Crippen LogP contribution in [0.4, 0.5) is 11.4 Å². The smallest absolute Gasteiger partial charge is 0.176 e. The first-order valence-corrected chi connectivity index (χ1v) is 10.2. The lowest BCUT2D eigenvalue weighted by atomic mass is 9.81. The molecule has 4 rings (SSSR count). The van der Waals surface area contributed by atoms with E-state index in [0.29, 0.717) is 6.54 Å². The van der Waals surface area contributed by atoms with Crippen LogP contribution in [-0.2, 0) is 6.54 Å². The fourth-order valence-electron chi connectivity index (χ4n) is 4.01. The lowest BCUT2D eigenvalue weighted by Crippen LogP contribution is -2.47. The van der Waals surface area contributed by atoms with Crippen LogP contribution in [0.5, 0.6) is 0 Å². The molecule has 1 heterocycles. The van der Waals surface area contributed by atoms with Crippen LogP contribution in [0, 0.1) is 0 Å². The van der Waals surface area contributed by atoms with Crippen LogP contribution in [0.25, 0.3) is 0 Å².